The topological polar surface area (TPSA) is 178 Å². The predicted molar refractivity (Wildman–Crippen MR) is 141 cm³/mol. The molecule has 1 aliphatic heterocycles. The average molecular weight is 540 g/mol. The van der Waals surface area contributed by atoms with E-state index >= 15 is 0 Å². The number of Topliss-reactive ketones (excluding diaryl/α,β-unsaturated/α-hetero) is 1. The molecule has 0 fully saturated rings. The Balaban J connectivity index is 1.66. The lowest BCUT2D eigenvalue weighted by molar-refractivity contribution is 0.0772. The molecule has 5 aromatic rings. The summed E-state index contributed by atoms with van der Waals surface area (Å²) in [4.78, 5) is 27.3. The maximum atomic E-state index is 14.1. The minimum Gasteiger partial charge on any atom is -0.508 e. The molecular formula is C30H20O10. The first-order chi connectivity index (χ1) is 19.1. The second kappa shape index (κ2) is 8.98. The number of hydrogen-bond acceptors (Lipinski definition) is 10. The molecule has 0 spiro atoms. The zero-order valence-corrected chi connectivity index (χ0v) is 20.4. The Morgan fingerprint density at radius 2 is 1.30 bits per heavy atom. The number of hydrogen-bond donors (Lipinski definition) is 6. The second-order valence-electron chi connectivity index (χ2n) is 9.36. The first kappa shape index (κ1) is 24.7. The van der Waals surface area contributed by atoms with Crippen molar-refractivity contribution in [2.24, 2.45) is 0 Å². The van der Waals surface area contributed by atoms with Gasteiger partial charge in [-0.05, 0) is 42.0 Å². The van der Waals surface area contributed by atoms with Crippen LogP contribution >= 0.6 is 0 Å². The molecule has 6 N–H and O–H groups in total. The number of phenols is 6. The van der Waals surface area contributed by atoms with Crippen molar-refractivity contribution in [1.29, 1.82) is 0 Å². The van der Waals surface area contributed by atoms with Gasteiger partial charge in [0, 0.05) is 29.8 Å². The van der Waals surface area contributed by atoms with Gasteiger partial charge in [-0.2, -0.15) is 0 Å². The minimum atomic E-state index is -1.42. The van der Waals surface area contributed by atoms with E-state index in [4.69, 9.17) is 9.15 Å². The van der Waals surface area contributed by atoms with Crippen LogP contribution in [0.25, 0.3) is 22.3 Å². The Hall–Kier alpha value is -5.64. The Labute approximate surface area is 224 Å². The Morgan fingerprint density at radius 3 is 1.98 bits per heavy atom. The molecule has 0 unspecified atom stereocenters. The van der Waals surface area contributed by atoms with Crippen LogP contribution in [0.4, 0.5) is 0 Å². The molecule has 0 saturated carbocycles. The molecule has 0 saturated heterocycles. The normalized spacial score (nSPS) is 16.4. The van der Waals surface area contributed by atoms with E-state index in [1.807, 2.05) is 0 Å². The predicted octanol–water partition coefficient (Wildman–Crippen LogP) is 4.79. The van der Waals surface area contributed by atoms with E-state index in [-0.39, 0.29) is 50.9 Å². The van der Waals surface area contributed by atoms with Crippen molar-refractivity contribution in [3.8, 4) is 51.6 Å². The maximum Gasteiger partial charge on any atom is 0.197 e. The smallest absolute Gasteiger partial charge is 0.197 e. The zero-order chi connectivity index (χ0) is 28.3. The van der Waals surface area contributed by atoms with Gasteiger partial charge < -0.3 is 39.8 Å². The molecule has 1 aliphatic rings. The third kappa shape index (κ3) is 3.90. The van der Waals surface area contributed by atoms with Crippen LogP contribution in [0, 0.1) is 0 Å². The zero-order valence-electron chi connectivity index (χ0n) is 20.4. The van der Waals surface area contributed by atoms with Crippen molar-refractivity contribution < 1.29 is 44.6 Å². The van der Waals surface area contributed by atoms with Gasteiger partial charge >= 0.3 is 0 Å². The summed E-state index contributed by atoms with van der Waals surface area (Å²) in [6.07, 6.45) is -1.19. The molecule has 0 radical (unpaired) electrons. The van der Waals surface area contributed by atoms with Gasteiger partial charge in [0.05, 0.1) is 11.5 Å². The van der Waals surface area contributed by atoms with Crippen LogP contribution in [0.1, 0.15) is 33.5 Å². The van der Waals surface area contributed by atoms with E-state index in [1.165, 1.54) is 48.5 Å². The Bertz CT molecular complexity index is 1870. The molecule has 0 amide bonds. The van der Waals surface area contributed by atoms with Gasteiger partial charge in [0.15, 0.2) is 11.2 Å². The highest BCUT2D eigenvalue weighted by Crippen LogP contribution is 2.52. The number of carbonyl (C=O) groups is 1. The largest absolute Gasteiger partial charge is 0.508 e. The van der Waals surface area contributed by atoms with Crippen molar-refractivity contribution in [3.63, 3.8) is 0 Å². The van der Waals surface area contributed by atoms with E-state index in [9.17, 15) is 40.2 Å². The molecular weight excluding hydrogens is 520 g/mol. The van der Waals surface area contributed by atoms with Crippen molar-refractivity contribution in [2.45, 2.75) is 12.0 Å². The monoisotopic (exact) mass is 540 g/mol. The van der Waals surface area contributed by atoms with Gasteiger partial charge in [-0.1, -0.05) is 12.1 Å². The fraction of sp³-hybridized carbons (Fsp3) is 0.0667. The third-order valence-electron chi connectivity index (χ3n) is 6.83. The fourth-order valence-electron chi connectivity index (χ4n) is 5.02. The van der Waals surface area contributed by atoms with Gasteiger partial charge in [0.1, 0.15) is 68.6 Å². The Morgan fingerprint density at radius 1 is 0.650 bits per heavy atom. The van der Waals surface area contributed by atoms with Gasteiger partial charge in [-0.15, -0.1) is 0 Å². The Kier molecular flexibility index (Phi) is 5.54. The maximum absolute atomic E-state index is 14.1. The first-order valence-corrected chi connectivity index (χ1v) is 12.0. The summed E-state index contributed by atoms with van der Waals surface area (Å²) in [5.41, 5.74) is -0.642. The van der Waals surface area contributed by atoms with Gasteiger partial charge in [-0.3, -0.25) is 9.59 Å². The second-order valence-corrected chi connectivity index (χ2v) is 9.36. The number of rotatable bonds is 3. The number of phenolic OH excluding ortho intramolecular Hbond substituents is 6. The van der Waals surface area contributed by atoms with Crippen molar-refractivity contribution in [3.05, 3.63) is 99.7 Å². The number of fused-ring (bicyclic) bond motifs is 2. The lowest BCUT2D eigenvalue weighted by Crippen LogP contribution is -2.30. The summed E-state index contributed by atoms with van der Waals surface area (Å²) in [6.45, 7) is 0. The van der Waals surface area contributed by atoms with E-state index in [0.29, 0.717) is 11.1 Å². The van der Waals surface area contributed by atoms with Gasteiger partial charge in [-0.25, -0.2) is 0 Å². The fourth-order valence-corrected chi connectivity index (χ4v) is 5.02. The summed E-state index contributed by atoms with van der Waals surface area (Å²) in [6, 6.07) is 15.7. The lowest BCUT2D eigenvalue weighted by Gasteiger charge is -2.34. The van der Waals surface area contributed by atoms with Crippen LogP contribution in [-0.4, -0.2) is 36.4 Å². The standard InChI is InChI=1S/C30H20O10/c31-15-5-1-13(2-6-15)22-12-21(37)24-19(35)11-20(36)26(30(24)39-22)27-28(38)25-18(34)9-17(33)10-23(25)40-29(27)14-3-7-16(32)8-4-14/h1-12,27,29,31-36H/t27-,29-/m0/s1. The molecule has 1 aromatic heterocycles. The van der Waals surface area contributed by atoms with E-state index in [0.717, 1.165) is 24.3 Å². The average Bonchev–Trinajstić information content (AvgIpc) is 2.89. The number of carbonyl (C=O) groups excluding carboxylic acids is 1. The number of ketones is 1. The molecule has 2 heterocycles. The summed E-state index contributed by atoms with van der Waals surface area (Å²) in [5.74, 6) is -4.39. The molecule has 0 aliphatic carbocycles. The van der Waals surface area contributed by atoms with Crippen molar-refractivity contribution >= 4 is 16.8 Å². The molecule has 4 aromatic carbocycles. The molecule has 40 heavy (non-hydrogen) atoms. The molecule has 200 valence electrons. The number of ether oxygens (including phenoxy) is 1. The number of aromatic hydroxyl groups is 6. The summed E-state index contributed by atoms with van der Waals surface area (Å²) >= 11 is 0. The van der Waals surface area contributed by atoms with E-state index in [2.05, 4.69) is 0 Å². The number of benzene rings is 4. The van der Waals surface area contributed by atoms with Crippen LogP contribution in [0.2, 0.25) is 0 Å². The van der Waals surface area contributed by atoms with Crippen LogP contribution in [0.5, 0.6) is 40.2 Å². The molecule has 10 heteroatoms. The SMILES string of the molecule is O=C1c2c(O)cc(O)cc2O[C@@H](c2ccc(O)cc2)[C@H]1c1c(O)cc(O)c2c(=O)cc(-c3ccc(O)cc3)oc12. The first-order valence-electron chi connectivity index (χ1n) is 12.0. The molecule has 2 atom stereocenters. The molecule has 6 rings (SSSR count). The molecule has 10 nitrogen and oxygen atoms in total. The molecule has 0 bridgehead atoms. The highest BCUT2D eigenvalue weighted by Gasteiger charge is 2.44. The third-order valence-corrected chi connectivity index (χ3v) is 6.83. The van der Waals surface area contributed by atoms with Crippen molar-refractivity contribution in [2.75, 3.05) is 0 Å². The lowest BCUT2D eigenvalue weighted by atomic mass is 9.79. The highest BCUT2D eigenvalue weighted by atomic mass is 16.5. The van der Waals surface area contributed by atoms with Gasteiger partial charge in [0.25, 0.3) is 0 Å². The highest BCUT2D eigenvalue weighted by molar-refractivity contribution is 6.09. The van der Waals surface area contributed by atoms with Crippen LogP contribution < -0.4 is 10.2 Å². The van der Waals surface area contributed by atoms with E-state index < -0.39 is 40.5 Å². The minimum absolute atomic E-state index is 0.0194. The quantitative estimate of drug-likeness (QED) is 0.186. The summed E-state index contributed by atoms with van der Waals surface area (Å²) in [7, 11) is 0. The summed E-state index contributed by atoms with van der Waals surface area (Å²) in [5, 5.41) is 61.5. The van der Waals surface area contributed by atoms with Crippen LogP contribution in [0.15, 0.2) is 82.0 Å². The van der Waals surface area contributed by atoms with E-state index in [1.54, 1.807) is 0 Å². The van der Waals surface area contributed by atoms with Crippen molar-refractivity contribution in [1.82, 2.24) is 0 Å². The van der Waals surface area contributed by atoms with Crippen LogP contribution in [-0.2, 0) is 0 Å². The van der Waals surface area contributed by atoms with Gasteiger partial charge in [0.2, 0.25) is 0 Å². The van der Waals surface area contributed by atoms with Crippen LogP contribution in [0.3, 0.4) is 0 Å². The summed E-state index contributed by atoms with van der Waals surface area (Å²) < 4.78 is 12.2.